The number of ether oxygens (including phenoxy) is 1. The van der Waals surface area contributed by atoms with Crippen molar-refractivity contribution in [3.8, 4) is 16.3 Å². The van der Waals surface area contributed by atoms with Crippen molar-refractivity contribution < 1.29 is 9.53 Å². The van der Waals surface area contributed by atoms with Crippen molar-refractivity contribution in [3.05, 3.63) is 75.8 Å². The van der Waals surface area contributed by atoms with Crippen LogP contribution in [-0.2, 0) is 0 Å². The van der Waals surface area contributed by atoms with E-state index in [9.17, 15) is 4.79 Å². The molecule has 0 aliphatic carbocycles. The first-order valence-electron chi connectivity index (χ1n) is 9.79. The number of anilines is 1. The third-order valence-electron chi connectivity index (χ3n) is 4.93. The molecule has 0 aliphatic heterocycles. The highest BCUT2D eigenvalue weighted by Crippen LogP contribution is 2.32. The van der Waals surface area contributed by atoms with Crippen LogP contribution in [0.25, 0.3) is 20.8 Å². The number of hydrogen-bond donors (Lipinski definition) is 2. The van der Waals surface area contributed by atoms with Crippen LogP contribution in [0, 0.1) is 13.8 Å². The van der Waals surface area contributed by atoms with Gasteiger partial charge in [0.2, 0.25) is 0 Å². The average Bonchev–Trinajstić information content (AvgIpc) is 3.19. The lowest BCUT2D eigenvalue weighted by Gasteiger charge is -2.15. The van der Waals surface area contributed by atoms with E-state index in [1.807, 2.05) is 50.2 Å². The van der Waals surface area contributed by atoms with Crippen LogP contribution in [-0.4, -0.2) is 23.1 Å². The Bertz CT molecular complexity index is 1320. The second-order valence-electron chi connectivity index (χ2n) is 7.23. The van der Waals surface area contributed by atoms with Crippen LogP contribution in [0.3, 0.4) is 0 Å². The Kier molecular flexibility index (Phi) is 6.55. The SMILES string of the molecule is COc1c(C)cc(Br)cc1C(=O)NC(=S)Nc1ccc(-c2nc3ccccc3s2)cc1C. The van der Waals surface area contributed by atoms with Crippen LogP contribution >= 0.6 is 39.5 Å². The zero-order valence-corrected chi connectivity index (χ0v) is 20.9. The first-order chi connectivity index (χ1) is 15.4. The van der Waals surface area contributed by atoms with Crippen molar-refractivity contribution in [1.29, 1.82) is 0 Å². The van der Waals surface area contributed by atoms with Crippen molar-refractivity contribution >= 4 is 66.4 Å². The van der Waals surface area contributed by atoms with Crippen molar-refractivity contribution in [2.24, 2.45) is 0 Å². The van der Waals surface area contributed by atoms with E-state index in [1.54, 1.807) is 24.5 Å². The van der Waals surface area contributed by atoms with Gasteiger partial charge in [-0.05, 0) is 79.7 Å². The highest BCUT2D eigenvalue weighted by molar-refractivity contribution is 9.10. The van der Waals surface area contributed by atoms with E-state index in [0.717, 1.165) is 42.1 Å². The Hall–Kier alpha value is -2.81. The maximum atomic E-state index is 12.8. The molecule has 0 saturated heterocycles. The number of halogens is 1. The van der Waals surface area contributed by atoms with Crippen molar-refractivity contribution in [2.45, 2.75) is 13.8 Å². The number of hydrogen-bond acceptors (Lipinski definition) is 5. The highest BCUT2D eigenvalue weighted by atomic mass is 79.9. The first kappa shape index (κ1) is 22.4. The molecule has 32 heavy (non-hydrogen) atoms. The summed E-state index contributed by atoms with van der Waals surface area (Å²) in [4.78, 5) is 17.5. The van der Waals surface area contributed by atoms with Gasteiger partial charge in [0.05, 0.1) is 22.9 Å². The largest absolute Gasteiger partial charge is 0.496 e. The molecule has 0 unspecified atom stereocenters. The van der Waals surface area contributed by atoms with Gasteiger partial charge in [0.1, 0.15) is 10.8 Å². The third-order valence-corrected chi connectivity index (χ3v) is 6.68. The Morgan fingerprint density at radius 1 is 1.09 bits per heavy atom. The first-order valence-corrected chi connectivity index (χ1v) is 11.8. The van der Waals surface area contributed by atoms with Crippen molar-refractivity contribution in [2.75, 3.05) is 12.4 Å². The van der Waals surface area contributed by atoms with Crippen LogP contribution in [0.2, 0.25) is 0 Å². The molecule has 0 radical (unpaired) electrons. The fourth-order valence-electron chi connectivity index (χ4n) is 3.43. The molecule has 8 heteroatoms. The molecule has 1 aromatic heterocycles. The minimum absolute atomic E-state index is 0.213. The number of nitrogens with zero attached hydrogens (tertiary/aromatic N) is 1. The molecule has 5 nitrogen and oxygen atoms in total. The molecule has 0 aliphatic rings. The molecule has 1 heterocycles. The molecule has 3 aromatic carbocycles. The minimum atomic E-state index is -0.340. The number of thiazole rings is 1. The monoisotopic (exact) mass is 525 g/mol. The summed E-state index contributed by atoms with van der Waals surface area (Å²) in [6.45, 7) is 3.87. The van der Waals surface area contributed by atoms with Crippen molar-refractivity contribution in [1.82, 2.24) is 10.3 Å². The molecule has 4 aromatic rings. The Morgan fingerprint density at radius 2 is 1.88 bits per heavy atom. The number of methoxy groups -OCH3 is 1. The van der Waals surface area contributed by atoms with Crippen molar-refractivity contribution in [3.63, 3.8) is 0 Å². The van der Waals surface area contributed by atoms with Gasteiger partial charge in [-0.1, -0.05) is 28.1 Å². The molecule has 162 valence electrons. The summed E-state index contributed by atoms with van der Waals surface area (Å²) in [6, 6.07) is 17.7. The number of aryl methyl sites for hydroxylation is 2. The molecule has 1 amide bonds. The fourth-order valence-corrected chi connectivity index (χ4v) is 5.16. The van der Waals surface area contributed by atoms with Gasteiger partial charge in [-0.3, -0.25) is 10.1 Å². The summed E-state index contributed by atoms with van der Waals surface area (Å²) >= 11 is 10.5. The number of para-hydroxylation sites is 1. The van der Waals surface area contributed by atoms with Crippen LogP contribution in [0.5, 0.6) is 5.75 Å². The van der Waals surface area contributed by atoms with Crippen LogP contribution in [0.15, 0.2) is 59.1 Å². The Labute approximate surface area is 204 Å². The van der Waals surface area contributed by atoms with Gasteiger partial charge in [0.15, 0.2) is 5.11 Å². The quantitative estimate of drug-likeness (QED) is 0.298. The lowest BCUT2D eigenvalue weighted by molar-refractivity contribution is 0.0974. The van der Waals surface area contributed by atoms with Gasteiger partial charge in [-0.15, -0.1) is 11.3 Å². The summed E-state index contributed by atoms with van der Waals surface area (Å²) in [5, 5.41) is 7.03. The summed E-state index contributed by atoms with van der Waals surface area (Å²) in [5.41, 5.74) is 5.11. The number of rotatable bonds is 4. The summed E-state index contributed by atoms with van der Waals surface area (Å²) in [7, 11) is 1.54. The van der Waals surface area contributed by atoms with E-state index in [1.165, 1.54) is 0 Å². The van der Waals surface area contributed by atoms with E-state index in [2.05, 4.69) is 38.7 Å². The van der Waals surface area contributed by atoms with Gasteiger partial charge in [0, 0.05) is 15.7 Å². The predicted molar refractivity (Wildman–Crippen MR) is 139 cm³/mol. The molecule has 0 atom stereocenters. The molecule has 0 bridgehead atoms. The topological polar surface area (TPSA) is 63.2 Å². The average molecular weight is 526 g/mol. The second-order valence-corrected chi connectivity index (χ2v) is 9.58. The number of carbonyl (C=O) groups is 1. The van der Waals surface area contributed by atoms with E-state index in [0.29, 0.717) is 11.3 Å². The van der Waals surface area contributed by atoms with Gasteiger partial charge in [0.25, 0.3) is 5.91 Å². The number of amides is 1. The predicted octanol–water partition coefficient (Wildman–Crippen LogP) is 6.48. The summed E-state index contributed by atoms with van der Waals surface area (Å²) in [6.07, 6.45) is 0. The Balaban J connectivity index is 1.50. The number of thiocarbonyl (C=S) groups is 1. The van der Waals surface area contributed by atoms with E-state index < -0.39 is 0 Å². The number of aromatic nitrogens is 1. The van der Waals surface area contributed by atoms with Gasteiger partial charge in [-0.2, -0.15) is 0 Å². The second kappa shape index (κ2) is 9.36. The number of fused-ring (bicyclic) bond motifs is 1. The van der Waals surface area contributed by atoms with Gasteiger partial charge in [-0.25, -0.2) is 4.98 Å². The normalized spacial score (nSPS) is 10.8. The lowest BCUT2D eigenvalue weighted by atomic mass is 10.1. The molecular weight excluding hydrogens is 506 g/mol. The Morgan fingerprint density at radius 3 is 2.59 bits per heavy atom. The number of carbonyl (C=O) groups excluding carboxylic acids is 1. The summed E-state index contributed by atoms with van der Waals surface area (Å²) < 4.78 is 7.35. The molecular formula is C24H20BrN3O2S2. The van der Waals surface area contributed by atoms with E-state index in [4.69, 9.17) is 21.9 Å². The fraction of sp³-hybridized carbons (Fsp3) is 0.125. The highest BCUT2D eigenvalue weighted by Gasteiger charge is 2.17. The third kappa shape index (κ3) is 4.67. The molecule has 0 fully saturated rings. The van der Waals surface area contributed by atoms with Crippen LogP contribution < -0.4 is 15.4 Å². The van der Waals surface area contributed by atoms with E-state index >= 15 is 0 Å². The molecule has 0 spiro atoms. The lowest BCUT2D eigenvalue weighted by Crippen LogP contribution is -2.34. The maximum Gasteiger partial charge on any atom is 0.261 e. The van der Waals surface area contributed by atoms with Gasteiger partial charge < -0.3 is 10.1 Å². The molecule has 4 rings (SSSR count). The van der Waals surface area contributed by atoms with Crippen LogP contribution in [0.4, 0.5) is 5.69 Å². The zero-order chi connectivity index (χ0) is 22.8. The van der Waals surface area contributed by atoms with Gasteiger partial charge >= 0.3 is 0 Å². The number of nitrogens with one attached hydrogen (secondary N) is 2. The standard InChI is InChI=1S/C24H20BrN3O2S2/c1-13-10-15(23-26-19-6-4-5-7-20(19)32-23)8-9-18(13)27-24(31)28-22(29)17-12-16(25)11-14(2)21(17)30-3/h4-12H,1-3H3,(H2,27,28,29,31). The number of benzene rings is 3. The van der Waals surface area contributed by atoms with E-state index in [-0.39, 0.29) is 11.0 Å². The zero-order valence-electron chi connectivity index (χ0n) is 17.7. The molecule has 2 N–H and O–H groups in total. The summed E-state index contributed by atoms with van der Waals surface area (Å²) in [5.74, 6) is 0.178. The minimum Gasteiger partial charge on any atom is -0.496 e. The van der Waals surface area contributed by atoms with Crippen LogP contribution in [0.1, 0.15) is 21.5 Å². The maximum absolute atomic E-state index is 12.8. The molecule has 0 saturated carbocycles. The smallest absolute Gasteiger partial charge is 0.261 e.